The molecule has 0 atom stereocenters. The second kappa shape index (κ2) is 5.78. The Labute approximate surface area is 107 Å². The average Bonchev–Trinajstić information content (AvgIpc) is 2.78. The quantitative estimate of drug-likeness (QED) is 0.823. The van der Waals surface area contributed by atoms with E-state index in [9.17, 15) is 4.39 Å². The molecule has 1 aromatic carbocycles. The van der Waals surface area contributed by atoms with Crippen molar-refractivity contribution in [2.45, 2.75) is 19.9 Å². The number of hydrogen-bond acceptors (Lipinski definition) is 2. The molecule has 2 rings (SSSR count). The van der Waals surface area contributed by atoms with Gasteiger partial charge >= 0.3 is 0 Å². The molecule has 0 aliphatic rings. The fourth-order valence-corrected chi connectivity index (χ4v) is 1.90. The minimum Gasteiger partial charge on any atom is -0.313 e. The summed E-state index contributed by atoms with van der Waals surface area (Å²) in [7, 11) is 1.86. The van der Waals surface area contributed by atoms with E-state index in [0.29, 0.717) is 0 Å². The van der Waals surface area contributed by atoms with E-state index >= 15 is 0 Å². The predicted octanol–water partition coefficient (Wildman–Crippen LogP) is 2.73. The molecule has 1 N–H and O–H groups in total. The molecule has 0 saturated heterocycles. The predicted molar refractivity (Wildman–Crippen MR) is 70.6 cm³/mol. The second-order valence-corrected chi connectivity index (χ2v) is 4.35. The van der Waals surface area contributed by atoms with Gasteiger partial charge in [-0.3, -0.25) is 4.68 Å². The van der Waals surface area contributed by atoms with Crippen LogP contribution in [0.1, 0.15) is 18.9 Å². The minimum atomic E-state index is -0.227. The van der Waals surface area contributed by atoms with Crippen molar-refractivity contribution in [1.29, 1.82) is 0 Å². The highest BCUT2D eigenvalue weighted by Gasteiger charge is 2.08. The molecule has 0 spiro atoms. The Hall–Kier alpha value is -1.68. The van der Waals surface area contributed by atoms with Crippen LogP contribution in [0.4, 0.5) is 4.39 Å². The van der Waals surface area contributed by atoms with Gasteiger partial charge in [-0.25, -0.2) is 4.39 Å². The highest BCUT2D eigenvalue weighted by molar-refractivity contribution is 5.63. The van der Waals surface area contributed by atoms with Crippen molar-refractivity contribution in [1.82, 2.24) is 15.1 Å². The lowest BCUT2D eigenvalue weighted by Crippen LogP contribution is -2.14. The van der Waals surface area contributed by atoms with Crippen molar-refractivity contribution in [3.8, 4) is 11.3 Å². The molecule has 4 heteroatoms. The summed E-state index contributed by atoms with van der Waals surface area (Å²) in [6.07, 6.45) is 2.95. The highest BCUT2D eigenvalue weighted by Crippen LogP contribution is 2.23. The van der Waals surface area contributed by atoms with Crippen LogP contribution in [0.3, 0.4) is 0 Å². The van der Waals surface area contributed by atoms with E-state index < -0.39 is 0 Å². The first-order valence-electron chi connectivity index (χ1n) is 6.20. The number of nitrogens with zero attached hydrogens (tertiary/aromatic N) is 2. The van der Waals surface area contributed by atoms with E-state index in [1.165, 1.54) is 6.07 Å². The normalized spacial score (nSPS) is 10.8. The van der Waals surface area contributed by atoms with Crippen LogP contribution in [0, 0.1) is 5.82 Å². The van der Waals surface area contributed by atoms with Crippen LogP contribution in [0.5, 0.6) is 0 Å². The molecule has 0 aliphatic heterocycles. The van der Waals surface area contributed by atoms with Crippen molar-refractivity contribution in [2.24, 2.45) is 7.05 Å². The average molecular weight is 247 g/mol. The van der Waals surface area contributed by atoms with Gasteiger partial charge in [0.25, 0.3) is 0 Å². The molecule has 2 aromatic rings. The molecule has 0 fully saturated rings. The molecule has 1 heterocycles. The van der Waals surface area contributed by atoms with Crippen molar-refractivity contribution < 1.29 is 4.39 Å². The fraction of sp³-hybridized carbons (Fsp3) is 0.357. The van der Waals surface area contributed by atoms with Crippen LogP contribution < -0.4 is 5.32 Å². The topological polar surface area (TPSA) is 29.9 Å². The van der Waals surface area contributed by atoms with Gasteiger partial charge in [0.15, 0.2) is 0 Å². The van der Waals surface area contributed by atoms with Crippen LogP contribution in [-0.2, 0) is 13.6 Å². The fourth-order valence-electron chi connectivity index (χ4n) is 1.90. The Morgan fingerprint density at radius 3 is 2.83 bits per heavy atom. The smallest absolute Gasteiger partial charge is 0.123 e. The van der Waals surface area contributed by atoms with Gasteiger partial charge in [0.1, 0.15) is 5.82 Å². The first kappa shape index (κ1) is 12.8. The van der Waals surface area contributed by atoms with Gasteiger partial charge in [-0.05, 0) is 36.7 Å². The third kappa shape index (κ3) is 2.96. The maximum Gasteiger partial charge on any atom is 0.123 e. The molecule has 18 heavy (non-hydrogen) atoms. The monoisotopic (exact) mass is 247 g/mol. The van der Waals surface area contributed by atoms with Gasteiger partial charge in [0, 0.05) is 25.4 Å². The summed E-state index contributed by atoms with van der Waals surface area (Å²) in [5.41, 5.74) is 2.74. The highest BCUT2D eigenvalue weighted by atomic mass is 19.1. The SMILES string of the molecule is CCCNCc1ccc(F)cc1-c1ccn(C)n1. The molecule has 0 saturated carbocycles. The van der Waals surface area contributed by atoms with Gasteiger partial charge in [-0.15, -0.1) is 0 Å². The first-order valence-corrected chi connectivity index (χ1v) is 6.20. The van der Waals surface area contributed by atoms with Crippen LogP contribution in [0.15, 0.2) is 30.5 Å². The minimum absolute atomic E-state index is 0.227. The van der Waals surface area contributed by atoms with Crippen molar-refractivity contribution in [3.63, 3.8) is 0 Å². The van der Waals surface area contributed by atoms with Crippen LogP contribution in [0.2, 0.25) is 0 Å². The van der Waals surface area contributed by atoms with E-state index in [1.54, 1.807) is 10.7 Å². The lowest BCUT2D eigenvalue weighted by Gasteiger charge is -2.08. The molecule has 0 radical (unpaired) electrons. The lowest BCUT2D eigenvalue weighted by atomic mass is 10.0. The van der Waals surface area contributed by atoms with Gasteiger partial charge < -0.3 is 5.32 Å². The maximum absolute atomic E-state index is 13.4. The summed E-state index contributed by atoms with van der Waals surface area (Å²) >= 11 is 0. The van der Waals surface area contributed by atoms with Crippen molar-refractivity contribution >= 4 is 0 Å². The molecule has 0 bridgehead atoms. The van der Waals surface area contributed by atoms with Crippen LogP contribution >= 0.6 is 0 Å². The molecule has 0 aliphatic carbocycles. The second-order valence-electron chi connectivity index (χ2n) is 4.35. The summed E-state index contributed by atoms with van der Waals surface area (Å²) in [5, 5.41) is 7.66. The van der Waals surface area contributed by atoms with E-state index in [2.05, 4.69) is 17.3 Å². The molecular weight excluding hydrogens is 229 g/mol. The molecule has 96 valence electrons. The Bertz CT molecular complexity index is 520. The Morgan fingerprint density at radius 1 is 1.33 bits per heavy atom. The number of aromatic nitrogens is 2. The maximum atomic E-state index is 13.4. The molecule has 3 nitrogen and oxygen atoms in total. The largest absolute Gasteiger partial charge is 0.313 e. The summed E-state index contributed by atoms with van der Waals surface area (Å²) in [5.74, 6) is -0.227. The van der Waals surface area contributed by atoms with Crippen LogP contribution in [0.25, 0.3) is 11.3 Å². The number of halogens is 1. The van der Waals surface area contributed by atoms with E-state index in [-0.39, 0.29) is 5.82 Å². The Kier molecular flexibility index (Phi) is 4.10. The number of nitrogens with one attached hydrogen (secondary N) is 1. The zero-order valence-corrected chi connectivity index (χ0v) is 10.8. The van der Waals surface area contributed by atoms with E-state index in [1.807, 2.05) is 25.4 Å². The van der Waals surface area contributed by atoms with Crippen molar-refractivity contribution in [3.05, 3.63) is 41.8 Å². The van der Waals surface area contributed by atoms with Gasteiger partial charge in [-0.1, -0.05) is 13.0 Å². The molecular formula is C14H18FN3. The van der Waals surface area contributed by atoms with Crippen molar-refractivity contribution in [2.75, 3.05) is 6.54 Å². The Balaban J connectivity index is 2.29. The number of aryl methyl sites for hydroxylation is 1. The standard InChI is InChI=1S/C14H18FN3/c1-3-7-16-10-11-4-5-12(15)9-13(11)14-6-8-18(2)17-14/h4-6,8-9,16H,3,7,10H2,1-2H3. The number of rotatable bonds is 5. The van der Waals surface area contributed by atoms with Gasteiger partial charge in [-0.2, -0.15) is 5.10 Å². The summed E-state index contributed by atoms with van der Waals surface area (Å²) < 4.78 is 15.1. The van der Waals surface area contributed by atoms with E-state index in [4.69, 9.17) is 0 Å². The third-order valence-electron chi connectivity index (χ3n) is 2.80. The summed E-state index contributed by atoms with van der Waals surface area (Å²) in [6.45, 7) is 3.82. The van der Waals surface area contributed by atoms with Crippen LogP contribution in [-0.4, -0.2) is 16.3 Å². The zero-order chi connectivity index (χ0) is 13.0. The molecule has 0 unspecified atom stereocenters. The number of benzene rings is 1. The van der Waals surface area contributed by atoms with Gasteiger partial charge in [0.05, 0.1) is 5.69 Å². The lowest BCUT2D eigenvalue weighted by molar-refractivity contribution is 0.625. The Morgan fingerprint density at radius 2 is 2.17 bits per heavy atom. The third-order valence-corrected chi connectivity index (χ3v) is 2.80. The molecule has 1 aromatic heterocycles. The zero-order valence-electron chi connectivity index (χ0n) is 10.8. The number of hydrogen-bond donors (Lipinski definition) is 1. The first-order chi connectivity index (χ1) is 8.70. The molecule has 0 amide bonds. The van der Waals surface area contributed by atoms with E-state index in [0.717, 1.165) is 36.3 Å². The van der Waals surface area contributed by atoms with Gasteiger partial charge in [0.2, 0.25) is 0 Å². The summed E-state index contributed by atoms with van der Waals surface area (Å²) in [6, 6.07) is 6.76. The summed E-state index contributed by atoms with van der Waals surface area (Å²) in [4.78, 5) is 0.